The smallest absolute Gasteiger partial charge is 0.406 e. The van der Waals surface area contributed by atoms with Gasteiger partial charge in [-0.05, 0) is 30.0 Å². The largest absolute Gasteiger partial charge is 0.573 e. The van der Waals surface area contributed by atoms with Gasteiger partial charge in [0.25, 0.3) is 0 Å². The van der Waals surface area contributed by atoms with Crippen molar-refractivity contribution in [3.63, 3.8) is 0 Å². The highest BCUT2D eigenvalue weighted by Crippen LogP contribution is 2.30. The maximum absolute atomic E-state index is 13.1. The monoisotopic (exact) mass is 443 g/mol. The zero-order chi connectivity index (χ0) is 22.8. The lowest BCUT2D eigenvalue weighted by Gasteiger charge is -2.42. The number of amides is 3. The molecule has 2 heterocycles. The van der Waals surface area contributed by atoms with E-state index in [1.165, 1.54) is 24.3 Å². The second kappa shape index (κ2) is 9.33. The van der Waals surface area contributed by atoms with E-state index in [-0.39, 0.29) is 36.2 Å². The highest BCUT2D eigenvalue weighted by molar-refractivity contribution is 5.90. The van der Waals surface area contributed by atoms with Crippen molar-refractivity contribution < 1.29 is 32.2 Å². The number of fused-ring (bicyclic) bond motifs is 1. The first-order valence-electron chi connectivity index (χ1n) is 10.3. The number of urea groups is 1. The van der Waals surface area contributed by atoms with Gasteiger partial charge in [-0.2, -0.15) is 0 Å². The first-order valence-corrected chi connectivity index (χ1v) is 10.3. The van der Waals surface area contributed by atoms with Crippen molar-refractivity contribution in [3.8, 4) is 5.75 Å². The fourth-order valence-corrected chi connectivity index (χ4v) is 4.16. The van der Waals surface area contributed by atoms with Gasteiger partial charge in [0.1, 0.15) is 11.8 Å². The predicted molar refractivity (Wildman–Crippen MR) is 106 cm³/mol. The van der Waals surface area contributed by atoms with Gasteiger partial charge < -0.3 is 24.2 Å². The zero-order valence-electron chi connectivity index (χ0n) is 17.9. The summed E-state index contributed by atoms with van der Waals surface area (Å²) in [6, 6.07) is 4.61. The number of alkyl halides is 3. The average molecular weight is 443 g/mol. The third-order valence-corrected chi connectivity index (χ3v) is 5.47. The summed E-state index contributed by atoms with van der Waals surface area (Å²) in [6.45, 7) is 6.07. The molecule has 0 aliphatic carbocycles. The van der Waals surface area contributed by atoms with Crippen LogP contribution in [0.4, 0.5) is 18.0 Å². The van der Waals surface area contributed by atoms with Gasteiger partial charge in [0.05, 0.1) is 12.6 Å². The number of hydrogen-bond acceptors (Lipinski definition) is 4. The van der Waals surface area contributed by atoms with Crippen LogP contribution in [0.15, 0.2) is 24.3 Å². The molecule has 10 heteroatoms. The van der Waals surface area contributed by atoms with E-state index in [2.05, 4.69) is 4.74 Å². The Labute approximate surface area is 179 Å². The summed E-state index contributed by atoms with van der Waals surface area (Å²) in [5.41, 5.74) is 0.686. The van der Waals surface area contributed by atoms with Crippen molar-refractivity contribution in [2.45, 2.75) is 45.3 Å². The molecule has 1 aromatic carbocycles. The van der Waals surface area contributed by atoms with E-state index in [9.17, 15) is 22.8 Å². The molecule has 2 aliphatic heterocycles. The van der Waals surface area contributed by atoms with E-state index in [4.69, 9.17) is 4.74 Å². The summed E-state index contributed by atoms with van der Waals surface area (Å²) >= 11 is 0. The van der Waals surface area contributed by atoms with Crippen molar-refractivity contribution >= 4 is 11.9 Å². The Morgan fingerprint density at radius 1 is 1.10 bits per heavy atom. The van der Waals surface area contributed by atoms with Crippen molar-refractivity contribution in [1.82, 2.24) is 14.7 Å². The van der Waals surface area contributed by atoms with Gasteiger partial charge in [0, 0.05) is 33.3 Å². The number of rotatable bonds is 8. The summed E-state index contributed by atoms with van der Waals surface area (Å²) in [5.74, 6) is -0.136. The molecule has 0 aromatic heterocycles. The van der Waals surface area contributed by atoms with Crippen LogP contribution in [0, 0.1) is 5.92 Å². The molecular weight excluding hydrogens is 415 g/mol. The van der Waals surface area contributed by atoms with Gasteiger partial charge in [-0.15, -0.1) is 13.2 Å². The van der Waals surface area contributed by atoms with Crippen molar-refractivity contribution in [3.05, 3.63) is 29.8 Å². The molecule has 7 nitrogen and oxygen atoms in total. The lowest BCUT2D eigenvalue weighted by Crippen LogP contribution is -2.61. The molecule has 31 heavy (non-hydrogen) atoms. The van der Waals surface area contributed by atoms with Gasteiger partial charge in [-0.1, -0.05) is 26.0 Å². The van der Waals surface area contributed by atoms with Crippen LogP contribution in [0.5, 0.6) is 5.75 Å². The fraction of sp³-hybridized carbons (Fsp3) is 0.619. The molecule has 2 fully saturated rings. The fourth-order valence-electron chi connectivity index (χ4n) is 4.16. The molecule has 0 bridgehead atoms. The van der Waals surface area contributed by atoms with Crippen LogP contribution in [0.3, 0.4) is 0 Å². The number of carbonyl (C=O) groups excluding carboxylic acids is 2. The average Bonchev–Trinajstić information content (AvgIpc) is 2.98. The lowest BCUT2D eigenvalue weighted by atomic mass is 9.97. The zero-order valence-corrected chi connectivity index (χ0v) is 17.9. The quantitative estimate of drug-likeness (QED) is 0.620. The highest BCUT2D eigenvalue weighted by Gasteiger charge is 2.49. The van der Waals surface area contributed by atoms with E-state index in [0.717, 1.165) is 0 Å². The van der Waals surface area contributed by atoms with E-state index in [1.807, 2.05) is 13.8 Å². The Morgan fingerprint density at radius 2 is 1.74 bits per heavy atom. The van der Waals surface area contributed by atoms with Crippen molar-refractivity contribution in [1.29, 1.82) is 0 Å². The van der Waals surface area contributed by atoms with Gasteiger partial charge in [-0.3, -0.25) is 4.79 Å². The molecule has 2 saturated heterocycles. The number of benzene rings is 1. The molecule has 3 amide bonds. The Morgan fingerprint density at radius 3 is 2.32 bits per heavy atom. The molecule has 2 atom stereocenters. The minimum atomic E-state index is -4.75. The Balaban J connectivity index is 1.72. The number of methoxy groups -OCH3 is 1. The van der Waals surface area contributed by atoms with Crippen LogP contribution < -0.4 is 4.74 Å². The number of carbonyl (C=O) groups is 2. The molecular formula is C21H28F3N3O4. The number of ether oxygens (including phenoxy) is 2. The SMILES string of the molecule is COCCN1C[C@H]2CN(Cc3ccc(OC(F)(F)F)cc3)C(=O)N2[C@@H](CC(C)C)C1=O. The van der Waals surface area contributed by atoms with Gasteiger partial charge in [-0.25, -0.2) is 4.79 Å². The molecule has 0 radical (unpaired) electrons. The van der Waals surface area contributed by atoms with E-state index in [1.54, 1.807) is 21.8 Å². The van der Waals surface area contributed by atoms with Gasteiger partial charge in [0.2, 0.25) is 5.91 Å². The summed E-state index contributed by atoms with van der Waals surface area (Å²) in [7, 11) is 1.58. The lowest BCUT2D eigenvalue weighted by molar-refractivity contribution is -0.274. The van der Waals surface area contributed by atoms with Crippen LogP contribution >= 0.6 is 0 Å². The highest BCUT2D eigenvalue weighted by atomic mass is 19.4. The number of halogens is 3. The first-order chi connectivity index (χ1) is 14.6. The molecule has 172 valence electrons. The second-order valence-corrected chi connectivity index (χ2v) is 8.34. The third kappa shape index (κ3) is 5.61. The van der Waals surface area contributed by atoms with Crippen LogP contribution in [-0.4, -0.2) is 78.4 Å². The molecule has 3 rings (SSSR count). The standard InChI is InChI=1S/C21H28F3N3O4/c1-14(2)10-18-19(28)25(8-9-30-3)12-16-13-26(20(29)27(16)18)11-15-4-6-17(7-5-15)31-21(22,23)24/h4-7,14,16,18H,8-13H2,1-3H3/t16-,18-/m0/s1. The maximum Gasteiger partial charge on any atom is 0.573 e. The molecule has 0 unspecified atom stereocenters. The van der Waals surface area contributed by atoms with Crippen LogP contribution in [0.1, 0.15) is 25.8 Å². The summed E-state index contributed by atoms with van der Waals surface area (Å²) in [4.78, 5) is 31.3. The second-order valence-electron chi connectivity index (χ2n) is 8.34. The number of hydrogen-bond donors (Lipinski definition) is 0. The Hall–Kier alpha value is -2.49. The number of nitrogens with zero attached hydrogens (tertiary/aromatic N) is 3. The van der Waals surface area contributed by atoms with E-state index in [0.29, 0.717) is 38.2 Å². The topological polar surface area (TPSA) is 62.3 Å². The minimum absolute atomic E-state index is 0.0640. The molecule has 0 saturated carbocycles. The van der Waals surface area contributed by atoms with Crippen molar-refractivity contribution in [2.24, 2.45) is 5.92 Å². The van der Waals surface area contributed by atoms with E-state index >= 15 is 0 Å². The van der Waals surface area contributed by atoms with Gasteiger partial charge in [0.15, 0.2) is 0 Å². The minimum Gasteiger partial charge on any atom is -0.406 e. The Bertz CT molecular complexity index is 785. The third-order valence-electron chi connectivity index (χ3n) is 5.47. The molecule has 2 aliphatic rings. The summed E-state index contributed by atoms with van der Waals surface area (Å²) < 4.78 is 46.0. The Kier molecular flexibility index (Phi) is 6.98. The predicted octanol–water partition coefficient (Wildman–Crippen LogP) is 3.09. The first kappa shape index (κ1) is 23.2. The maximum atomic E-state index is 13.1. The van der Waals surface area contributed by atoms with Crippen LogP contribution in [0.2, 0.25) is 0 Å². The molecule has 1 aromatic rings. The molecule has 0 N–H and O–H groups in total. The van der Waals surface area contributed by atoms with Gasteiger partial charge >= 0.3 is 12.4 Å². The number of piperazine rings is 1. The van der Waals surface area contributed by atoms with Crippen LogP contribution in [-0.2, 0) is 16.1 Å². The normalized spacial score (nSPS) is 21.8. The summed E-state index contributed by atoms with van der Waals surface area (Å²) in [6.07, 6.45) is -4.18. The summed E-state index contributed by atoms with van der Waals surface area (Å²) in [5, 5.41) is 0. The van der Waals surface area contributed by atoms with Crippen molar-refractivity contribution in [2.75, 3.05) is 33.4 Å². The van der Waals surface area contributed by atoms with E-state index < -0.39 is 12.4 Å². The van der Waals surface area contributed by atoms with Crippen LogP contribution in [0.25, 0.3) is 0 Å². The molecule has 0 spiro atoms.